The van der Waals surface area contributed by atoms with Gasteiger partial charge in [0.15, 0.2) is 0 Å². The predicted molar refractivity (Wildman–Crippen MR) is 54.2 cm³/mol. The van der Waals surface area contributed by atoms with Gasteiger partial charge in [-0.05, 0) is 20.3 Å². The zero-order valence-electron chi connectivity index (χ0n) is 8.55. The van der Waals surface area contributed by atoms with Crippen LogP contribution in [0.3, 0.4) is 0 Å². The molecule has 0 aromatic rings. The standard InChI is InChI=1S/C9H16O4.Li.H/c1-9(2,8(11)13-4)6-5-7(10)12-3;;/h5-6H2,1-4H3;;. The van der Waals surface area contributed by atoms with Crippen molar-refractivity contribution in [3.05, 3.63) is 0 Å². The Bertz CT molecular complexity index is 201. The van der Waals surface area contributed by atoms with E-state index < -0.39 is 5.41 Å². The van der Waals surface area contributed by atoms with Crippen molar-refractivity contribution in [1.29, 1.82) is 0 Å². The first-order valence-corrected chi connectivity index (χ1v) is 4.09. The van der Waals surface area contributed by atoms with E-state index in [1.807, 2.05) is 0 Å². The molecule has 0 aromatic heterocycles. The van der Waals surface area contributed by atoms with E-state index in [2.05, 4.69) is 9.47 Å². The molecule has 0 saturated heterocycles. The van der Waals surface area contributed by atoms with Crippen LogP contribution in [0.1, 0.15) is 26.7 Å². The molecule has 0 saturated carbocycles. The van der Waals surface area contributed by atoms with Gasteiger partial charge in [0.05, 0.1) is 19.6 Å². The molecule has 0 aliphatic rings. The van der Waals surface area contributed by atoms with Crippen LogP contribution in [0.15, 0.2) is 0 Å². The summed E-state index contributed by atoms with van der Waals surface area (Å²) in [5, 5.41) is 0. The number of methoxy groups -OCH3 is 2. The van der Waals surface area contributed by atoms with Gasteiger partial charge in [0.1, 0.15) is 0 Å². The molecule has 0 rings (SSSR count). The Hall–Kier alpha value is -0.463. The molecule has 0 heterocycles. The number of carbonyl (C=O) groups excluding carboxylic acids is 2. The molecule has 0 aliphatic carbocycles. The third kappa shape index (κ3) is 5.31. The fourth-order valence-electron chi connectivity index (χ4n) is 0.895. The molecule has 0 unspecified atom stereocenters. The zero-order valence-corrected chi connectivity index (χ0v) is 8.55. The summed E-state index contributed by atoms with van der Waals surface area (Å²) in [6, 6.07) is 0. The molecular weight excluding hydrogens is 179 g/mol. The SMILES string of the molecule is COC(=O)CCC(C)(C)C(=O)OC.[LiH]. The summed E-state index contributed by atoms with van der Waals surface area (Å²) in [6.45, 7) is 3.48. The Morgan fingerprint density at radius 1 is 1.14 bits per heavy atom. The normalized spacial score (nSPS) is 10.0. The van der Waals surface area contributed by atoms with Crippen LogP contribution in [0.4, 0.5) is 0 Å². The van der Waals surface area contributed by atoms with E-state index in [9.17, 15) is 9.59 Å². The minimum absolute atomic E-state index is 0. The number of ether oxygens (including phenoxy) is 2. The third-order valence-corrected chi connectivity index (χ3v) is 1.92. The molecule has 0 aromatic carbocycles. The monoisotopic (exact) mass is 196 g/mol. The van der Waals surface area contributed by atoms with E-state index in [1.54, 1.807) is 13.8 Å². The molecular formula is C9H17LiO4. The quantitative estimate of drug-likeness (QED) is 0.485. The second-order valence-electron chi connectivity index (χ2n) is 3.45. The molecule has 14 heavy (non-hydrogen) atoms. The maximum atomic E-state index is 11.2. The molecule has 0 spiro atoms. The number of esters is 2. The summed E-state index contributed by atoms with van der Waals surface area (Å²) >= 11 is 0. The maximum absolute atomic E-state index is 11.2. The fourth-order valence-corrected chi connectivity index (χ4v) is 0.895. The van der Waals surface area contributed by atoms with Crippen molar-refractivity contribution >= 4 is 30.8 Å². The van der Waals surface area contributed by atoms with Crippen LogP contribution in [-0.4, -0.2) is 45.0 Å². The van der Waals surface area contributed by atoms with Crippen LogP contribution in [-0.2, 0) is 19.1 Å². The molecule has 0 atom stereocenters. The van der Waals surface area contributed by atoms with Gasteiger partial charge in [-0.2, -0.15) is 0 Å². The van der Waals surface area contributed by atoms with Crippen molar-refractivity contribution in [3.8, 4) is 0 Å². The number of hydrogen-bond acceptors (Lipinski definition) is 4. The van der Waals surface area contributed by atoms with Crippen molar-refractivity contribution in [2.45, 2.75) is 26.7 Å². The van der Waals surface area contributed by atoms with Gasteiger partial charge in [0, 0.05) is 6.42 Å². The van der Waals surface area contributed by atoms with Gasteiger partial charge in [-0.3, -0.25) is 9.59 Å². The average Bonchev–Trinajstić information content (AvgIpc) is 2.12. The van der Waals surface area contributed by atoms with Crippen LogP contribution in [0, 0.1) is 5.41 Å². The summed E-state index contributed by atoms with van der Waals surface area (Å²) < 4.78 is 9.06. The van der Waals surface area contributed by atoms with E-state index >= 15 is 0 Å². The van der Waals surface area contributed by atoms with Crippen LogP contribution in [0.25, 0.3) is 0 Å². The molecule has 0 N–H and O–H groups in total. The molecule has 5 heteroatoms. The van der Waals surface area contributed by atoms with Crippen LogP contribution in [0.5, 0.6) is 0 Å². The van der Waals surface area contributed by atoms with Crippen molar-refractivity contribution < 1.29 is 19.1 Å². The number of rotatable bonds is 4. The van der Waals surface area contributed by atoms with Crippen molar-refractivity contribution in [3.63, 3.8) is 0 Å². The Morgan fingerprint density at radius 3 is 2.00 bits per heavy atom. The molecule has 0 fully saturated rings. The molecule has 78 valence electrons. The second-order valence-corrected chi connectivity index (χ2v) is 3.45. The van der Waals surface area contributed by atoms with Crippen LogP contribution < -0.4 is 0 Å². The number of carbonyl (C=O) groups is 2. The first kappa shape index (κ1) is 16.0. The van der Waals surface area contributed by atoms with Gasteiger partial charge < -0.3 is 9.47 Å². The molecule has 0 amide bonds. The minimum atomic E-state index is -0.622. The average molecular weight is 196 g/mol. The Kier molecular flexibility index (Phi) is 7.89. The van der Waals surface area contributed by atoms with Gasteiger partial charge in [0.25, 0.3) is 0 Å². The Labute approximate surface area is 96.5 Å². The first-order valence-electron chi connectivity index (χ1n) is 4.09. The van der Waals surface area contributed by atoms with Crippen LogP contribution in [0.2, 0.25) is 0 Å². The van der Waals surface area contributed by atoms with E-state index in [4.69, 9.17) is 0 Å². The zero-order chi connectivity index (χ0) is 10.5. The van der Waals surface area contributed by atoms with E-state index in [0.717, 1.165) is 0 Å². The first-order chi connectivity index (χ1) is 5.94. The number of hydrogen-bond donors (Lipinski definition) is 0. The predicted octanol–water partition coefficient (Wildman–Crippen LogP) is 0.490. The summed E-state index contributed by atoms with van der Waals surface area (Å²) in [5.74, 6) is -0.617. The van der Waals surface area contributed by atoms with Gasteiger partial charge in [-0.1, -0.05) is 0 Å². The fraction of sp³-hybridized carbons (Fsp3) is 0.778. The van der Waals surface area contributed by atoms with Crippen molar-refractivity contribution in [1.82, 2.24) is 0 Å². The Balaban J connectivity index is 0. The molecule has 0 aliphatic heterocycles. The van der Waals surface area contributed by atoms with Gasteiger partial charge in [0.2, 0.25) is 0 Å². The topological polar surface area (TPSA) is 52.6 Å². The molecule has 4 nitrogen and oxygen atoms in total. The van der Waals surface area contributed by atoms with E-state index in [1.165, 1.54) is 14.2 Å². The van der Waals surface area contributed by atoms with Crippen LogP contribution >= 0.6 is 0 Å². The summed E-state index contributed by atoms with van der Waals surface area (Å²) in [4.78, 5) is 22.0. The molecule has 0 bridgehead atoms. The van der Waals surface area contributed by atoms with Crippen molar-refractivity contribution in [2.75, 3.05) is 14.2 Å². The van der Waals surface area contributed by atoms with Gasteiger partial charge in [-0.25, -0.2) is 0 Å². The second kappa shape index (κ2) is 6.91. The van der Waals surface area contributed by atoms with Crippen molar-refractivity contribution in [2.24, 2.45) is 5.41 Å². The molecule has 0 radical (unpaired) electrons. The summed E-state index contributed by atoms with van der Waals surface area (Å²) in [7, 11) is 2.66. The Morgan fingerprint density at radius 2 is 1.64 bits per heavy atom. The van der Waals surface area contributed by atoms with Gasteiger partial charge in [-0.15, -0.1) is 0 Å². The van der Waals surface area contributed by atoms with E-state index in [0.29, 0.717) is 6.42 Å². The third-order valence-electron chi connectivity index (χ3n) is 1.92. The summed E-state index contributed by atoms with van der Waals surface area (Å²) in [5.41, 5.74) is -0.622. The summed E-state index contributed by atoms with van der Waals surface area (Å²) in [6.07, 6.45) is 0.672. The van der Waals surface area contributed by atoms with E-state index in [-0.39, 0.29) is 37.2 Å². The van der Waals surface area contributed by atoms with Gasteiger partial charge >= 0.3 is 30.8 Å².